The van der Waals surface area contributed by atoms with Crippen molar-refractivity contribution in [3.05, 3.63) is 61.4 Å². The zero-order valence-electron chi connectivity index (χ0n) is 26.9. The lowest BCUT2D eigenvalue weighted by Crippen LogP contribution is -2.42. The fraction of sp³-hybridized carbons (Fsp3) is 0.500. The van der Waals surface area contributed by atoms with Gasteiger partial charge in [0.05, 0.1) is 11.6 Å². The van der Waals surface area contributed by atoms with E-state index in [4.69, 9.17) is 16.3 Å². The second-order valence-electron chi connectivity index (χ2n) is 12.4. The molecule has 268 valence electrons. The van der Waals surface area contributed by atoms with Crippen LogP contribution in [-0.2, 0) is 31.3 Å². The van der Waals surface area contributed by atoms with Crippen LogP contribution < -0.4 is 14.4 Å². The lowest BCUT2D eigenvalue weighted by atomic mass is 9.87. The molecule has 49 heavy (non-hydrogen) atoms. The number of halogens is 3. The number of hydrogen-bond acceptors (Lipinski definition) is 9. The molecule has 4 heterocycles. The van der Waals surface area contributed by atoms with Crippen molar-refractivity contribution in [3.63, 3.8) is 0 Å². The van der Waals surface area contributed by atoms with Gasteiger partial charge in [0.2, 0.25) is 10.0 Å². The van der Waals surface area contributed by atoms with Gasteiger partial charge in [0.25, 0.3) is 10.0 Å². The van der Waals surface area contributed by atoms with Gasteiger partial charge >= 0.3 is 5.97 Å². The number of carboxylic acids is 1. The number of sulfonamides is 2. The first-order valence-electron chi connectivity index (χ1n) is 16.0. The number of anilines is 1. The molecule has 0 amide bonds. The predicted octanol–water partition coefficient (Wildman–Crippen LogP) is 6.79. The molecule has 2 aliphatic rings. The third-order valence-corrected chi connectivity index (χ3v) is 16.1. The summed E-state index contributed by atoms with van der Waals surface area (Å²) >= 11 is 14.0. The standard InChI is InChI=1S/C32H39Br2ClN4O7S3/c1-46-24-7-5-23(6-8-24)17-28(32(40)41)37-48(42,43)25-18-27(34)31(36-20-25)38-13-9-21(10-14-38)3-2-4-22-11-15-39(16-12-22)49(44,45)29-19-26(33)30(35)47-29/h5-8,18-22,28,37H,2-4,9-17H2,1H3,(H,40,41). The Morgan fingerprint density at radius 3 is 2.16 bits per heavy atom. The summed E-state index contributed by atoms with van der Waals surface area (Å²) in [4.78, 5) is 18.4. The second-order valence-corrected chi connectivity index (χ2v) is 19.7. The van der Waals surface area contributed by atoms with Gasteiger partial charge in [-0.25, -0.2) is 21.8 Å². The number of piperidine rings is 2. The number of aromatic nitrogens is 1. The van der Waals surface area contributed by atoms with E-state index in [1.54, 1.807) is 34.6 Å². The molecule has 1 unspecified atom stereocenters. The monoisotopic (exact) mass is 880 g/mol. The molecule has 1 aromatic carbocycles. The molecule has 3 aromatic rings. The number of nitrogens with one attached hydrogen (secondary N) is 1. The number of aliphatic carboxylic acids is 1. The molecule has 2 fully saturated rings. The van der Waals surface area contributed by atoms with Gasteiger partial charge in [-0.3, -0.25) is 4.79 Å². The first-order chi connectivity index (χ1) is 23.3. The van der Waals surface area contributed by atoms with E-state index >= 15 is 0 Å². The highest BCUT2D eigenvalue weighted by atomic mass is 79.9. The van der Waals surface area contributed by atoms with Gasteiger partial charge in [0.1, 0.15) is 31.1 Å². The molecule has 0 aliphatic carbocycles. The fourth-order valence-corrected chi connectivity index (χ4v) is 12.2. The highest BCUT2D eigenvalue weighted by molar-refractivity contribution is 9.11. The molecule has 2 aromatic heterocycles. The van der Waals surface area contributed by atoms with E-state index in [0.29, 0.717) is 55.3 Å². The van der Waals surface area contributed by atoms with Crippen molar-refractivity contribution in [1.29, 1.82) is 0 Å². The number of nitrogens with zero attached hydrogens (tertiary/aromatic N) is 3. The number of rotatable bonds is 14. The molecule has 11 nitrogen and oxygen atoms in total. The van der Waals surface area contributed by atoms with E-state index in [1.807, 2.05) is 0 Å². The maximum atomic E-state index is 13.2. The van der Waals surface area contributed by atoms with Crippen LogP contribution in [0.4, 0.5) is 5.82 Å². The Bertz CT molecular complexity index is 1810. The van der Waals surface area contributed by atoms with Crippen LogP contribution in [0.3, 0.4) is 0 Å². The number of carbonyl (C=O) groups is 1. The lowest BCUT2D eigenvalue weighted by molar-refractivity contribution is -0.138. The molecule has 2 N–H and O–H groups in total. The molecule has 17 heteroatoms. The van der Waals surface area contributed by atoms with Crippen LogP contribution in [-0.4, -0.2) is 76.5 Å². The molecule has 0 radical (unpaired) electrons. The quantitative estimate of drug-likeness (QED) is 0.179. The van der Waals surface area contributed by atoms with E-state index in [1.165, 1.54) is 19.4 Å². The third kappa shape index (κ3) is 9.76. The van der Waals surface area contributed by atoms with Crippen molar-refractivity contribution in [3.8, 4) is 5.75 Å². The van der Waals surface area contributed by atoms with Crippen LogP contribution in [0.5, 0.6) is 5.75 Å². The summed E-state index contributed by atoms with van der Waals surface area (Å²) in [6.45, 7) is 2.64. The van der Waals surface area contributed by atoms with Gasteiger partial charge in [-0.1, -0.05) is 43.0 Å². The average molecular weight is 883 g/mol. The van der Waals surface area contributed by atoms with E-state index in [-0.39, 0.29) is 15.5 Å². The molecule has 0 bridgehead atoms. The van der Waals surface area contributed by atoms with Crippen LogP contribution in [0, 0.1) is 11.8 Å². The number of thiophene rings is 1. The summed E-state index contributed by atoms with van der Waals surface area (Å²) in [5.74, 6) is 1.09. The summed E-state index contributed by atoms with van der Waals surface area (Å²) in [7, 11) is -6.16. The van der Waals surface area contributed by atoms with Crippen molar-refractivity contribution in [2.45, 2.75) is 66.5 Å². The number of ether oxygens (including phenoxy) is 1. The summed E-state index contributed by atoms with van der Waals surface area (Å²) < 4.78 is 63.2. The SMILES string of the molecule is COc1ccc(CC(NS(=O)(=O)c2cnc(N3CCC(CCCC4CCN(S(=O)(=O)c5cc(Br)c(Cl)s5)CC4)CC3)c(Br)c2)C(=O)O)cc1. The molecule has 0 saturated carbocycles. The molecular formula is C32H39Br2ClN4O7S3. The molecule has 2 aliphatic heterocycles. The van der Waals surface area contributed by atoms with Gasteiger partial charge in [-0.15, -0.1) is 11.3 Å². The molecule has 1 atom stereocenters. The highest BCUT2D eigenvalue weighted by Crippen LogP contribution is 2.38. The minimum atomic E-state index is -4.17. The topological polar surface area (TPSA) is 146 Å². The Kier molecular flexibility index (Phi) is 13.1. The molecular weight excluding hydrogens is 844 g/mol. The smallest absolute Gasteiger partial charge is 0.322 e. The van der Waals surface area contributed by atoms with Gasteiger partial charge in [0.15, 0.2) is 0 Å². The summed E-state index contributed by atoms with van der Waals surface area (Å²) in [6, 6.07) is 8.47. The largest absolute Gasteiger partial charge is 0.497 e. The van der Waals surface area contributed by atoms with E-state index in [2.05, 4.69) is 46.5 Å². The molecule has 2 saturated heterocycles. The van der Waals surface area contributed by atoms with Crippen molar-refractivity contribution >= 4 is 86.6 Å². The fourth-order valence-electron chi connectivity index (χ4n) is 6.37. The predicted molar refractivity (Wildman–Crippen MR) is 198 cm³/mol. The number of hydrogen-bond donors (Lipinski definition) is 2. The van der Waals surface area contributed by atoms with Crippen molar-refractivity contribution in [2.75, 3.05) is 38.2 Å². The van der Waals surface area contributed by atoms with Crippen molar-refractivity contribution < 1.29 is 31.5 Å². The lowest BCUT2D eigenvalue weighted by Gasteiger charge is -2.34. The number of benzene rings is 1. The van der Waals surface area contributed by atoms with Crippen LogP contribution in [0.25, 0.3) is 0 Å². The summed E-state index contributed by atoms with van der Waals surface area (Å²) in [6.07, 6.45) is 8.26. The Morgan fingerprint density at radius 2 is 1.63 bits per heavy atom. The number of carboxylic acid groups (broad SMARTS) is 1. The van der Waals surface area contributed by atoms with Crippen molar-refractivity contribution in [1.82, 2.24) is 14.0 Å². The van der Waals surface area contributed by atoms with Gasteiger partial charge in [-0.2, -0.15) is 9.03 Å². The van der Waals surface area contributed by atoms with Crippen LogP contribution >= 0.6 is 54.8 Å². The Hall–Kier alpha value is -1.79. The number of methoxy groups -OCH3 is 1. The minimum Gasteiger partial charge on any atom is -0.497 e. The van der Waals surface area contributed by atoms with E-state index in [0.717, 1.165) is 69.4 Å². The van der Waals surface area contributed by atoms with Gasteiger partial charge in [-0.05, 0) is 106 Å². The van der Waals surface area contributed by atoms with Gasteiger partial charge in [0, 0.05) is 36.8 Å². The van der Waals surface area contributed by atoms with Crippen LogP contribution in [0.2, 0.25) is 4.34 Å². The van der Waals surface area contributed by atoms with E-state index in [9.17, 15) is 26.7 Å². The highest BCUT2D eigenvalue weighted by Gasteiger charge is 2.32. The Labute approximate surface area is 313 Å². The molecule has 0 spiro atoms. The first-order valence-corrected chi connectivity index (χ1v) is 21.7. The van der Waals surface area contributed by atoms with Crippen molar-refractivity contribution in [2.24, 2.45) is 11.8 Å². The van der Waals surface area contributed by atoms with Crippen LogP contribution in [0.15, 0.2) is 60.6 Å². The van der Waals surface area contributed by atoms with Crippen LogP contribution in [0.1, 0.15) is 50.5 Å². The first kappa shape index (κ1) is 38.4. The maximum absolute atomic E-state index is 13.2. The Balaban J connectivity index is 1.07. The zero-order valence-corrected chi connectivity index (χ0v) is 33.2. The maximum Gasteiger partial charge on any atom is 0.322 e. The minimum absolute atomic E-state index is 0.0335. The van der Waals surface area contributed by atoms with E-state index < -0.39 is 32.1 Å². The normalized spacial score (nSPS) is 17.7. The second kappa shape index (κ2) is 16.7. The van der Waals surface area contributed by atoms with Gasteiger partial charge < -0.3 is 14.7 Å². The summed E-state index contributed by atoms with van der Waals surface area (Å²) in [5, 5.41) is 9.73. The molecule has 5 rings (SSSR count). The summed E-state index contributed by atoms with van der Waals surface area (Å²) in [5.41, 5.74) is 0.650. The zero-order chi connectivity index (χ0) is 35.3. The third-order valence-electron chi connectivity index (χ3n) is 9.23. The number of pyridine rings is 1. The Morgan fingerprint density at radius 1 is 1.02 bits per heavy atom. The average Bonchev–Trinajstić information content (AvgIpc) is 3.43.